The van der Waals surface area contributed by atoms with E-state index < -0.39 is 10.0 Å². The van der Waals surface area contributed by atoms with E-state index >= 15 is 0 Å². The summed E-state index contributed by atoms with van der Waals surface area (Å²) in [6, 6.07) is 13.0. The lowest BCUT2D eigenvalue weighted by Gasteiger charge is -2.26. The second kappa shape index (κ2) is 8.86. The number of hydrogen-bond acceptors (Lipinski definition) is 4. The van der Waals surface area contributed by atoms with Crippen LogP contribution in [0.5, 0.6) is 0 Å². The molecule has 0 bridgehead atoms. The molecule has 2 aromatic rings. The molecule has 3 rings (SSSR count). The van der Waals surface area contributed by atoms with Crippen LogP contribution in [0.2, 0.25) is 0 Å². The Morgan fingerprint density at radius 1 is 1.04 bits per heavy atom. The van der Waals surface area contributed by atoms with Crippen LogP contribution >= 0.6 is 0 Å². The second-order valence-corrected chi connectivity index (χ2v) is 8.94. The normalized spacial score (nSPS) is 15.4. The Labute approximate surface area is 166 Å². The zero-order chi connectivity index (χ0) is 20.1. The van der Waals surface area contributed by atoms with Gasteiger partial charge in [0.1, 0.15) is 0 Å². The first-order chi connectivity index (χ1) is 13.4. The smallest absolute Gasteiger partial charge is 0.251 e. The minimum atomic E-state index is -3.42. The fourth-order valence-corrected chi connectivity index (χ4v) is 4.81. The van der Waals surface area contributed by atoms with Crippen molar-refractivity contribution in [2.24, 2.45) is 0 Å². The molecule has 1 saturated heterocycles. The fraction of sp³-hybridized carbons (Fsp3) is 0.381. The van der Waals surface area contributed by atoms with E-state index in [9.17, 15) is 13.2 Å². The van der Waals surface area contributed by atoms with Crippen LogP contribution in [0.3, 0.4) is 0 Å². The molecule has 1 aliphatic rings. The summed E-state index contributed by atoms with van der Waals surface area (Å²) < 4.78 is 32.2. The first kappa shape index (κ1) is 20.5. The van der Waals surface area contributed by atoms with Gasteiger partial charge in [0.25, 0.3) is 5.91 Å². The van der Waals surface area contributed by atoms with Crippen molar-refractivity contribution in [2.45, 2.75) is 26.1 Å². The van der Waals surface area contributed by atoms with Crippen molar-refractivity contribution in [3.05, 3.63) is 70.3 Å². The lowest BCUT2D eigenvalue weighted by Crippen LogP contribution is -2.41. The highest BCUT2D eigenvalue weighted by Gasteiger charge is 2.25. The molecule has 1 fully saturated rings. The summed E-state index contributed by atoms with van der Waals surface area (Å²) in [5, 5.41) is 2.92. The van der Waals surface area contributed by atoms with Crippen molar-refractivity contribution < 1.29 is 17.9 Å². The second-order valence-electron chi connectivity index (χ2n) is 6.97. The summed E-state index contributed by atoms with van der Waals surface area (Å²) in [5.74, 6) is -0.241. The summed E-state index contributed by atoms with van der Waals surface area (Å²) >= 11 is 0. The van der Waals surface area contributed by atoms with E-state index in [0.717, 1.165) is 16.7 Å². The summed E-state index contributed by atoms with van der Waals surface area (Å²) in [5.41, 5.74) is 4.15. The number of sulfonamides is 1. The van der Waals surface area contributed by atoms with Gasteiger partial charge in [0.2, 0.25) is 10.0 Å². The maximum atomic E-state index is 12.7. The molecule has 0 aromatic heterocycles. The Morgan fingerprint density at radius 3 is 2.43 bits per heavy atom. The van der Waals surface area contributed by atoms with E-state index in [4.69, 9.17) is 4.74 Å². The number of morpholine rings is 1. The van der Waals surface area contributed by atoms with Crippen molar-refractivity contribution in [3.63, 3.8) is 0 Å². The Morgan fingerprint density at radius 2 is 1.71 bits per heavy atom. The predicted octanol–water partition coefficient (Wildman–Crippen LogP) is 2.40. The van der Waals surface area contributed by atoms with Crippen molar-refractivity contribution in [1.82, 2.24) is 9.62 Å². The Hall–Kier alpha value is -2.22. The molecule has 0 unspecified atom stereocenters. The molecule has 1 amide bonds. The number of rotatable bonds is 6. The van der Waals surface area contributed by atoms with E-state index in [1.54, 1.807) is 12.1 Å². The van der Waals surface area contributed by atoms with Crippen molar-refractivity contribution in [2.75, 3.05) is 26.3 Å². The third-order valence-corrected chi connectivity index (χ3v) is 6.94. The molecule has 0 radical (unpaired) electrons. The number of benzene rings is 2. The number of nitrogens with zero attached hydrogens (tertiary/aromatic N) is 1. The molecule has 28 heavy (non-hydrogen) atoms. The quantitative estimate of drug-likeness (QED) is 0.805. The van der Waals surface area contributed by atoms with E-state index in [2.05, 4.69) is 5.32 Å². The van der Waals surface area contributed by atoms with Crippen molar-refractivity contribution in [1.29, 1.82) is 0 Å². The first-order valence-corrected chi connectivity index (χ1v) is 11.0. The predicted molar refractivity (Wildman–Crippen MR) is 109 cm³/mol. The lowest BCUT2D eigenvalue weighted by molar-refractivity contribution is 0.0729. The van der Waals surface area contributed by atoms with E-state index in [1.807, 2.05) is 44.2 Å². The van der Waals surface area contributed by atoms with Gasteiger partial charge >= 0.3 is 0 Å². The highest BCUT2D eigenvalue weighted by atomic mass is 32.2. The van der Waals surface area contributed by atoms with Crippen molar-refractivity contribution in [3.8, 4) is 0 Å². The lowest BCUT2D eigenvalue weighted by atomic mass is 10.0. The Kier molecular flexibility index (Phi) is 6.49. The number of carbonyl (C=O) groups excluding carboxylic acids is 1. The van der Waals surface area contributed by atoms with E-state index in [1.165, 1.54) is 4.31 Å². The SMILES string of the molecule is Cc1cccc(C(=O)NCc2ccccc2CS(=O)(=O)N2CCOCC2)c1C. The van der Waals surface area contributed by atoms with E-state index in [-0.39, 0.29) is 18.2 Å². The van der Waals surface area contributed by atoms with Gasteiger partial charge in [-0.05, 0) is 42.2 Å². The Bertz CT molecular complexity index is 951. The van der Waals surface area contributed by atoms with Gasteiger partial charge in [-0.2, -0.15) is 4.31 Å². The minimum absolute atomic E-state index is 0.0808. The summed E-state index contributed by atoms with van der Waals surface area (Å²) in [6.07, 6.45) is 0. The minimum Gasteiger partial charge on any atom is -0.379 e. The average Bonchev–Trinajstić information content (AvgIpc) is 2.69. The molecule has 7 heteroatoms. The zero-order valence-electron chi connectivity index (χ0n) is 16.3. The molecule has 2 aromatic carbocycles. The fourth-order valence-electron chi connectivity index (χ4n) is 3.25. The van der Waals surface area contributed by atoms with Gasteiger partial charge in [-0.1, -0.05) is 36.4 Å². The number of ether oxygens (including phenoxy) is 1. The maximum Gasteiger partial charge on any atom is 0.251 e. The van der Waals surface area contributed by atoms with Gasteiger partial charge in [-0.25, -0.2) is 8.42 Å². The largest absolute Gasteiger partial charge is 0.379 e. The van der Waals surface area contributed by atoms with Crippen molar-refractivity contribution >= 4 is 15.9 Å². The van der Waals surface area contributed by atoms with Gasteiger partial charge in [0.15, 0.2) is 0 Å². The molecule has 1 N–H and O–H groups in total. The number of carbonyl (C=O) groups is 1. The standard InChI is InChI=1S/C21H26N2O4S/c1-16-6-5-9-20(17(16)2)21(24)22-14-18-7-3-4-8-19(18)15-28(25,26)23-10-12-27-13-11-23/h3-9H,10-15H2,1-2H3,(H,22,24). The Balaban J connectivity index is 1.72. The number of nitrogens with one attached hydrogen (secondary N) is 1. The van der Waals surface area contributed by atoms with Crippen LogP contribution in [0, 0.1) is 13.8 Å². The molecule has 150 valence electrons. The van der Waals surface area contributed by atoms with Gasteiger partial charge in [-0.15, -0.1) is 0 Å². The molecule has 0 spiro atoms. The number of aryl methyl sites for hydroxylation is 1. The highest BCUT2D eigenvalue weighted by Crippen LogP contribution is 2.17. The van der Waals surface area contributed by atoms with Crippen LogP contribution in [0.15, 0.2) is 42.5 Å². The topological polar surface area (TPSA) is 75.7 Å². The molecule has 0 atom stereocenters. The average molecular weight is 403 g/mol. The molecular weight excluding hydrogens is 376 g/mol. The molecule has 0 saturated carbocycles. The third-order valence-electron chi connectivity index (χ3n) is 5.11. The van der Waals surface area contributed by atoms with Crippen LogP contribution in [-0.2, 0) is 27.1 Å². The summed E-state index contributed by atoms with van der Waals surface area (Å²) in [7, 11) is -3.42. The maximum absolute atomic E-state index is 12.7. The van der Waals surface area contributed by atoms with Gasteiger partial charge in [0, 0.05) is 25.2 Å². The molecule has 6 nitrogen and oxygen atoms in total. The summed E-state index contributed by atoms with van der Waals surface area (Å²) in [4.78, 5) is 12.6. The summed E-state index contributed by atoms with van der Waals surface area (Å²) in [6.45, 7) is 5.79. The number of hydrogen-bond donors (Lipinski definition) is 1. The monoisotopic (exact) mass is 402 g/mol. The van der Waals surface area contributed by atoms with Crippen LogP contribution in [0.1, 0.15) is 32.6 Å². The third kappa shape index (κ3) is 4.79. The molecule has 0 aliphatic carbocycles. The van der Waals surface area contributed by atoms with Gasteiger partial charge < -0.3 is 10.1 Å². The van der Waals surface area contributed by atoms with E-state index in [0.29, 0.717) is 37.4 Å². The highest BCUT2D eigenvalue weighted by molar-refractivity contribution is 7.88. The zero-order valence-corrected chi connectivity index (χ0v) is 17.1. The van der Waals surface area contributed by atoms with Gasteiger partial charge in [0.05, 0.1) is 19.0 Å². The number of amides is 1. The molecule has 1 heterocycles. The molecule has 1 aliphatic heterocycles. The first-order valence-electron chi connectivity index (χ1n) is 9.35. The molecular formula is C21H26N2O4S. The van der Waals surface area contributed by atoms with Crippen LogP contribution in [0.25, 0.3) is 0 Å². The van der Waals surface area contributed by atoms with Crippen LogP contribution in [0.4, 0.5) is 0 Å². The van der Waals surface area contributed by atoms with Crippen LogP contribution < -0.4 is 5.32 Å². The van der Waals surface area contributed by atoms with Gasteiger partial charge in [-0.3, -0.25) is 4.79 Å². The van der Waals surface area contributed by atoms with Crippen LogP contribution in [-0.4, -0.2) is 44.9 Å².